The van der Waals surface area contributed by atoms with Gasteiger partial charge < -0.3 is 20.1 Å². The normalized spacial score (nSPS) is 12.9. The molecule has 354 valence electrons. The highest BCUT2D eigenvalue weighted by molar-refractivity contribution is 7.86. The Morgan fingerprint density at radius 1 is 0.721 bits per heavy atom. The highest BCUT2D eigenvalue weighted by Crippen LogP contribution is 2.44. The molecule has 0 unspecified atom stereocenters. The van der Waals surface area contributed by atoms with Crippen molar-refractivity contribution in [1.82, 2.24) is 14.8 Å². The molecular weight excluding hydrogens is 1000 g/mol. The topological polar surface area (TPSA) is 409 Å². The summed E-state index contributed by atoms with van der Waals surface area (Å²) in [4.78, 5) is 13.6. The summed E-state index contributed by atoms with van der Waals surface area (Å²) in [6.07, 6.45) is 0.724. The van der Waals surface area contributed by atoms with Crippen molar-refractivity contribution in [2.75, 3.05) is 12.4 Å². The number of para-hydroxylation sites is 1. The summed E-state index contributed by atoms with van der Waals surface area (Å²) in [5.74, 6) is -3.76. The molecule has 5 aromatic carbocycles. The summed E-state index contributed by atoms with van der Waals surface area (Å²) in [6.45, 7) is 1.33. The predicted octanol–water partition coefficient (Wildman–Crippen LogP) is 7.70. The Kier molecular flexibility index (Phi) is 13.2. The third kappa shape index (κ3) is 10.8. The molecule has 2 aromatic heterocycles. The number of carbonyl (C=O) groups is 1. The Morgan fingerprint density at radius 2 is 1.38 bits per heavy atom. The van der Waals surface area contributed by atoms with E-state index in [1.54, 1.807) is 13.0 Å². The van der Waals surface area contributed by atoms with Crippen LogP contribution >= 0.6 is 11.3 Å². The Morgan fingerprint density at radius 3 is 2.06 bits per heavy atom. The summed E-state index contributed by atoms with van der Waals surface area (Å²) < 4.78 is 141. The van der Waals surface area contributed by atoms with Crippen LogP contribution in [0.25, 0.3) is 26.7 Å². The number of phenolic OH excluding ortho intramolecular Hbond substituents is 1. The van der Waals surface area contributed by atoms with Crippen LogP contribution in [0.4, 0.5) is 33.6 Å². The maximum Gasteiger partial charge on any atom is 0.335 e. The smallest absolute Gasteiger partial charge is 0.335 e. The van der Waals surface area contributed by atoms with Crippen LogP contribution in [0.1, 0.15) is 22.3 Å². The van der Waals surface area contributed by atoms with E-state index >= 15 is 0 Å². The fourth-order valence-corrected chi connectivity index (χ4v) is 9.59. The Labute approximate surface area is 386 Å². The van der Waals surface area contributed by atoms with Gasteiger partial charge in [-0.1, -0.05) is 23.5 Å². The summed E-state index contributed by atoms with van der Waals surface area (Å²) in [5, 5.41) is 59.0. The fraction of sp³-hybridized carbons (Fsp3) is 0.108. The molecule has 0 atom stereocenters. The van der Waals surface area contributed by atoms with Crippen molar-refractivity contribution in [2.24, 2.45) is 30.7 Å². The highest BCUT2D eigenvalue weighted by atomic mass is 32.2. The van der Waals surface area contributed by atoms with Gasteiger partial charge in [0.2, 0.25) is 11.0 Å². The number of rotatable bonds is 16. The highest BCUT2D eigenvalue weighted by Gasteiger charge is 2.24. The minimum atomic E-state index is -5.16. The van der Waals surface area contributed by atoms with Crippen LogP contribution in [0, 0.1) is 6.92 Å². The summed E-state index contributed by atoms with van der Waals surface area (Å²) in [6, 6.07) is 13.8. The van der Waals surface area contributed by atoms with Gasteiger partial charge in [0.15, 0.2) is 11.4 Å². The fourth-order valence-electron chi connectivity index (χ4n) is 6.20. The van der Waals surface area contributed by atoms with Gasteiger partial charge in [0, 0.05) is 16.8 Å². The van der Waals surface area contributed by atoms with Crippen LogP contribution in [0.3, 0.4) is 0 Å². The van der Waals surface area contributed by atoms with Gasteiger partial charge in [-0.2, -0.15) is 43.5 Å². The van der Waals surface area contributed by atoms with Gasteiger partial charge in [-0.05, 0) is 73.5 Å². The zero-order valence-corrected chi connectivity index (χ0v) is 38.0. The minimum absolute atomic E-state index is 0.00000382. The third-order valence-electron chi connectivity index (χ3n) is 9.25. The molecule has 0 aliphatic rings. The monoisotopic (exact) mass is 1030 g/mol. The molecular formula is C37H29N9O17S5. The summed E-state index contributed by atoms with van der Waals surface area (Å²) in [5.41, 5.74) is -1.61. The number of hydrogen-bond donors (Lipinski definition) is 7. The standard InChI is InChI=1S/C37H29N9O17S5/c1-18-12-27(29(63-10-3-11-65(51,52)53)16-26(18)42-45-37-39-32-30(64-37)4-2-5-31(32)67(57,58)59)43-40-24-8-7-23-22(33(24)47)6-9-25(34(23)68(60,61)62)41-44-28-17-38-46(35(28)48)20-13-19(36(49)50)14-21(15-20)66(54,55)56/h2,4-9,12-17,47-48H,3,10-11H2,1H3,(H,49,50)(H,51,52,53)(H,54,55,56)(H,57,58,59)(H,60,61,62). The first kappa shape index (κ1) is 48.7. The lowest BCUT2D eigenvalue weighted by Gasteiger charge is -2.11. The van der Waals surface area contributed by atoms with Gasteiger partial charge in [0.1, 0.15) is 38.1 Å². The molecule has 0 saturated carbocycles. The first-order valence-electron chi connectivity index (χ1n) is 18.5. The number of aryl methyl sites for hydroxylation is 1. The van der Waals surface area contributed by atoms with Gasteiger partial charge in [0.05, 0.1) is 45.1 Å². The van der Waals surface area contributed by atoms with Crippen LogP contribution in [0.5, 0.6) is 17.4 Å². The van der Waals surface area contributed by atoms with Crippen LogP contribution < -0.4 is 4.74 Å². The van der Waals surface area contributed by atoms with Crippen LogP contribution in [0.15, 0.2) is 124 Å². The molecule has 0 bridgehead atoms. The summed E-state index contributed by atoms with van der Waals surface area (Å²) >= 11 is 0.974. The van der Waals surface area contributed by atoms with E-state index in [0.717, 1.165) is 47.9 Å². The van der Waals surface area contributed by atoms with Crippen LogP contribution in [-0.2, 0) is 40.5 Å². The quantitative estimate of drug-likeness (QED) is 0.0277. The van der Waals surface area contributed by atoms with Crippen molar-refractivity contribution < 1.29 is 76.7 Å². The lowest BCUT2D eigenvalue weighted by Crippen LogP contribution is -2.08. The Hall–Kier alpha value is -7.23. The molecule has 0 amide bonds. The number of thiazole rings is 1. The van der Waals surface area contributed by atoms with Crippen LogP contribution in [-0.4, -0.2) is 100 Å². The maximum absolute atomic E-state index is 12.8. The molecule has 0 fully saturated rings. The first-order chi connectivity index (χ1) is 31.8. The van der Waals surface area contributed by atoms with Gasteiger partial charge in [-0.25, -0.2) is 9.78 Å². The number of carboxylic acids is 1. The average molecular weight is 1030 g/mol. The molecule has 68 heavy (non-hydrogen) atoms. The van der Waals surface area contributed by atoms with Crippen molar-refractivity contribution in [3.63, 3.8) is 0 Å². The first-order valence-corrected chi connectivity index (χ1v) is 25.3. The van der Waals surface area contributed by atoms with Gasteiger partial charge in [-0.3, -0.25) is 18.2 Å². The number of azo groups is 3. The van der Waals surface area contributed by atoms with E-state index in [1.807, 2.05) is 0 Å². The van der Waals surface area contributed by atoms with E-state index in [9.17, 15) is 72.0 Å². The number of aromatic carboxylic acids is 1. The number of aromatic nitrogens is 3. The van der Waals surface area contributed by atoms with Gasteiger partial charge in [0.25, 0.3) is 40.5 Å². The number of hydrogen-bond acceptors (Lipinski definition) is 21. The second-order valence-corrected chi connectivity index (χ2v) is 20.7. The number of aromatic hydroxyl groups is 2. The van der Waals surface area contributed by atoms with Crippen molar-refractivity contribution >= 4 is 112 Å². The predicted molar refractivity (Wildman–Crippen MR) is 237 cm³/mol. The molecule has 26 nitrogen and oxygen atoms in total. The number of nitrogens with zero attached hydrogens (tertiary/aromatic N) is 9. The molecule has 7 rings (SSSR count). The van der Waals surface area contributed by atoms with Crippen LogP contribution in [0.2, 0.25) is 0 Å². The molecule has 31 heteroatoms. The zero-order chi connectivity index (χ0) is 49.5. The SMILES string of the molecule is Cc1cc(N=Nc2ccc3c(S(=O)(=O)O)c(N=Nc4cnn(-c5cc(C(=O)O)cc(S(=O)(=O)O)c5)c4O)ccc3c2O)c(OCCCS(=O)(=O)O)cc1N=Nc1nc2c(S(=O)(=O)O)cccc2s1. The van der Waals surface area contributed by atoms with E-state index in [-0.39, 0.29) is 62.9 Å². The van der Waals surface area contributed by atoms with Crippen molar-refractivity contribution in [2.45, 2.75) is 28.0 Å². The second kappa shape index (κ2) is 18.5. The largest absolute Gasteiger partial charge is 0.505 e. The molecule has 7 N–H and O–H groups in total. The number of carboxylic acid groups (broad SMARTS) is 1. The molecule has 0 saturated heterocycles. The lowest BCUT2D eigenvalue weighted by atomic mass is 10.1. The number of benzene rings is 5. The number of ether oxygens (including phenoxy) is 1. The minimum Gasteiger partial charge on any atom is -0.505 e. The number of phenols is 1. The summed E-state index contributed by atoms with van der Waals surface area (Å²) in [7, 11) is -19.0. The van der Waals surface area contributed by atoms with Gasteiger partial charge in [-0.15, -0.1) is 30.7 Å². The average Bonchev–Trinajstić information content (AvgIpc) is 3.84. The molecule has 0 aliphatic carbocycles. The van der Waals surface area contributed by atoms with E-state index < -0.39 is 95.4 Å². The third-order valence-corrected chi connectivity index (χ3v) is 13.6. The Bertz CT molecular complexity index is 3780. The van der Waals surface area contributed by atoms with Crippen molar-refractivity contribution in [3.8, 4) is 23.1 Å². The van der Waals surface area contributed by atoms with Crippen molar-refractivity contribution in [1.29, 1.82) is 0 Å². The molecule has 2 heterocycles. The molecule has 0 aliphatic heterocycles. The lowest BCUT2D eigenvalue weighted by molar-refractivity contribution is 0.0696. The van der Waals surface area contributed by atoms with E-state index in [2.05, 4.69) is 40.8 Å². The number of fused-ring (bicyclic) bond motifs is 2. The Balaban J connectivity index is 1.21. The van der Waals surface area contributed by atoms with E-state index in [4.69, 9.17) is 4.74 Å². The van der Waals surface area contributed by atoms with Gasteiger partial charge >= 0.3 is 5.97 Å². The second-order valence-electron chi connectivity index (χ2n) is 13.9. The maximum atomic E-state index is 12.8. The van der Waals surface area contributed by atoms with E-state index in [1.165, 1.54) is 30.3 Å². The molecule has 7 aromatic rings. The van der Waals surface area contributed by atoms with Crippen molar-refractivity contribution in [3.05, 3.63) is 90.1 Å². The zero-order valence-electron chi connectivity index (χ0n) is 33.9. The molecule has 0 spiro atoms. The molecule has 0 radical (unpaired) electrons. The van der Waals surface area contributed by atoms with E-state index in [0.29, 0.717) is 21.0 Å².